The maximum atomic E-state index is 6.06. The molecule has 0 aliphatic carbocycles. The van der Waals surface area contributed by atoms with Crippen LogP contribution in [-0.4, -0.2) is 30.6 Å². The molecular formula is C15H23N3O. The van der Waals surface area contributed by atoms with Crippen LogP contribution in [0.25, 0.3) is 0 Å². The third-order valence-electron chi connectivity index (χ3n) is 3.36. The normalized spacial score (nSPS) is 16.5. The maximum absolute atomic E-state index is 6.06. The Kier molecular flexibility index (Phi) is 5.07. The van der Waals surface area contributed by atoms with Crippen LogP contribution in [0.4, 0.5) is 0 Å². The summed E-state index contributed by atoms with van der Waals surface area (Å²) >= 11 is 0. The van der Waals surface area contributed by atoms with Gasteiger partial charge in [0.25, 0.3) is 0 Å². The van der Waals surface area contributed by atoms with Crippen LogP contribution in [0.2, 0.25) is 0 Å². The third-order valence-corrected chi connectivity index (χ3v) is 3.36. The second-order valence-electron chi connectivity index (χ2n) is 4.76. The van der Waals surface area contributed by atoms with Gasteiger partial charge in [-0.3, -0.25) is 0 Å². The summed E-state index contributed by atoms with van der Waals surface area (Å²) in [6.07, 6.45) is 3.73. The minimum Gasteiger partial charge on any atom is -0.494 e. The summed E-state index contributed by atoms with van der Waals surface area (Å²) in [7, 11) is 0. The summed E-state index contributed by atoms with van der Waals surface area (Å²) in [6.45, 7) is 5.30. The summed E-state index contributed by atoms with van der Waals surface area (Å²) in [5.74, 6) is 1.56. The number of hydrogen-bond donors (Lipinski definition) is 1. The van der Waals surface area contributed by atoms with Gasteiger partial charge in [0.15, 0.2) is 5.96 Å². The SMILES string of the molecule is CCOc1ccccc1CN=C(N)N1CCCCC1. The van der Waals surface area contributed by atoms with E-state index in [4.69, 9.17) is 10.5 Å². The van der Waals surface area contributed by atoms with Gasteiger partial charge in [0, 0.05) is 18.7 Å². The van der Waals surface area contributed by atoms with E-state index in [1.54, 1.807) is 0 Å². The molecule has 2 rings (SSSR count). The second-order valence-corrected chi connectivity index (χ2v) is 4.76. The van der Waals surface area contributed by atoms with Crippen molar-refractivity contribution in [3.8, 4) is 5.75 Å². The molecular weight excluding hydrogens is 238 g/mol. The number of benzene rings is 1. The predicted molar refractivity (Wildman–Crippen MR) is 78.4 cm³/mol. The number of nitrogens with zero attached hydrogens (tertiary/aromatic N) is 2. The van der Waals surface area contributed by atoms with Crippen LogP contribution in [0.1, 0.15) is 31.7 Å². The molecule has 19 heavy (non-hydrogen) atoms. The highest BCUT2D eigenvalue weighted by molar-refractivity contribution is 5.78. The minimum atomic E-state index is 0.582. The van der Waals surface area contributed by atoms with Crippen LogP contribution in [0.15, 0.2) is 29.3 Å². The molecule has 4 nitrogen and oxygen atoms in total. The molecule has 0 radical (unpaired) electrons. The topological polar surface area (TPSA) is 50.9 Å². The summed E-state index contributed by atoms with van der Waals surface area (Å²) in [6, 6.07) is 8.00. The van der Waals surface area contributed by atoms with E-state index >= 15 is 0 Å². The molecule has 1 aromatic carbocycles. The first-order chi connectivity index (χ1) is 9.31. The van der Waals surface area contributed by atoms with Crippen LogP contribution in [-0.2, 0) is 6.54 Å². The molecule has 104 valence electrons. The molecule has 2 N–H and O–H groups in total. The fourth-order valence-electron chi connectivity index (χ4n) is 2.32. The summed E-state index contributed by atoms with van der Waals surface area (Å²) in [5.41, 5.74) is 7.14. The zero-order valence-corrected chi connectivity index (χ0v) is 11.6. The summed E-state index contributed by atoms with van der Waals surface area (Å²) in [5, 5.41) is 0. The van der Waals surface area contributed by atoms with Gasteiger partial charge < -0.3 is 15.4 Å². The number of aliphatic imine (C=N–C) groups is 1. The Bertz CT molecular complexity index is 425. The van der Waals surface area contributed by atoms with Gasteiger partial charge in [-0.2, -0.15) is 0 Å². The van der Waals surface area contributed by atoms with Crippen molar-refractivity contribution in [3.05, 3.63) is 29.8 Å². The van der Waals surface area contributed by atoms with Crippen molar-refractivity contribution in [1.82, 2.24) is 4.90 Å². The Labute approximate surface area is 115 Å². The van der Waals surface area contributed by atoms with Crippen molar-refractivity contribution in [2.45, 2.75) is 32.7 Å². The van der Waals surface area contributed by atoms with Gasteiger partial charge in [-0.05, 0) is 32.3 Å². The van der Waals surface area contributed by atoms with Gasteiger partial charge in [-0.25, -0.2) is 4.99 Å². The highest BCUT2D eigenvalue weighted by Gasteiger charge is 2.11. The fraction of sp³-hybridized carbons (Fsp3) is 0.533. The van der Waals surface area contributed by atoms with Crippen LogP contribution in [0.5, 0.6) is 5.75 Å². The quantitative estimate of drug-likeness (QED) is 0.669. The average molecular weight is 261 g/mol. The van der Waals surface area contributed by atoms with Crippen LogP contribution < -0.4 is 10.5 Å². The molecule has 0 atom stereocenters. The molecule has 0 unspecified atom stereocenters. The van der Waals surface area contributed by atoms with E-state index in [9.17, 15) is 0 Å². The van der Waals surface area contributed by atoms with Gasteiger partial charge in [0.2, 0.25) is 0 Å². The zero-order valence-electron chi connectivity index (χ0n) is 11.6. The molecule has 0 saturated carbocycles. The zero-order chi connectivity index (χ0) is 13.5. The molecule has 1 aliphatic heterocycles. The van der Waals surface area contributed by atoms with Gasteiger partial charge in [0.1, 0.15) is 5.75 Å². The van der Waals surface area contributed by atoms with E-state index in [0.29, 0.717) is 19.1 Å². The minimum absolute atomic E-state index is 0.582. The molecule has 1 aromatic rings. The molecule has 1 heterocycles. The highest BCUT2D eigenvalue weighted by Crippen LogP contribution is 2.19. The van der Waals surface area contributed by atoms with E-state index in [0.717, 1.165) is 24.4 Å². The molecule has 0 aromatic heterocycles. The molecule has 0 amide bonds. The number of ether oxygens (including phenoxy) is 1. The lowest BCUT2D eigenvalue weighted by molar-refractivity contribution is 0.334. The number of piperidine rings is 1. The van der Waals surface area contributed by atoms with Crippen molar-refractivity contribution in [1.29, 1.82) is 0 Å². The molecule has 0 spiro atoms. The molecule has 1 fully saturated rings. The van der Waals surface area contributed by atoms with Gasteiger partial charge >= 0.3 is 0 Å². The third kappa shape index (κ3) is 3.88. The predicted octanol–water partition coefficient (Wildman–Crippen LogP) is 2.39. The lowest BCUT2D eigenvalue weighted by atomic mass is 10.1. The molecule has 0 bridgehead atoms. The first kappa shape index (κ1) is 13.7. The van der Waals surface area contributed by atoms with E-state index in [1.165, 1.54) is 19.3 Å². The Hall–Kier alpha value is -1.71. The van der Waals surface area contributed by atoms with E-state index in [-0.39, 0.29) is 0 Å². The lowest BCUT2D eigenvalue weighted by Crippen LogP contribution is -2.40. The Morgan fingerprint density at radius 2 is 2.00 bits per heavy atom. The van der Waals surface area contributed by atoms with Gasteiger partial charge in [-0.1, -0.05) is 18.2 Å². The van der Waals surface area contributed by atoms with Crippen molar-refractivity contribution in [2.24, 2.45) is 10.7 Å². The van der Waals surface area contributed by atoms with Gasteiger partial charge in [0.05, 0.1) is 13.2 Å². The van der Waals surface area contributed by atoms with Crippen LogP contribution in [0.3, 0.4) is 0 Å². The first-order valence-electron chi connectivity index (χ1n) is 7.07. The summed E-state index contributed by atoms with van der Waals surface area (Å²) < 4.78 is 5.59. The number of rotatable bonds is 4. The van der Waals surface area contributed by atoms with Crippen molar-refractivity contribution < 1.29 is 4.74 Å². The Balaban J connectivity index is 2.00. The first-order valence-corrected chi connectivity index (χ1v) is 7.07. The standard InChI is InChI=1S/C15H23N3O/c1-2-19-14-9-5-4-8-13(14)12-17-15(16)18-10-6-3-7-11-18/h4-5,8-9H,2-3,6-7,10-12H2,1H3,(H2,16,17). The van der Waals surface area contributed by atoms with E-state index in [2.05, 4.69) is 9.89 Å². The average Bonchev–Trinajstić information content (AvgIpc) is 2.47. The van der Waals surface area contributed by atoms with Crippen molar-refractivity contribution >= 4 is 5.96 Å². The lowest BCUT2D eigenvalue weighted by Gasteiger charge is -2.27. The second kappa shape index (κ2) is 7.02. The smallest absolute Gasteiger partial charge is 0.191 e. The number of hydrogen-bond acceptors (Lipinski definition) is 2. The molecule has 1 aliphatic rings. The Morgan fingerprint density at radius 3 is 2.74 bits per heavy atom. The monoisotopic (exact) mass is 261 g/mol. The summed E-state index contributed by atoms with van der Waals surface area (Å²) in [4.78, 5) is 6.67. The van der Waals surface area contributed by atoms with Crippen molar-refractivity contribution in [3.63, 3.8) is 0 Å². The molecule has 1 saturated heterocycles. The number of para-hydroxylation sites is 1. The highest BCUT2D eigenvalue weighted by atomic mass is 16.5. The maximum Gasteiger partial charge on any atom is 0.191 e. The largest absolute Gasteiger partial charge is 0.494 e. The van der Waals surface area contributed by atoms with Crippen LogP contribution >= 0.6 is 0 Å². The Morgan fingerprint density at radius 1 is 1.26 bits per heavy atom. The van der Waals surface area contributed by atoms with Crippen molar-refractivity contribution in [2.75, 3.05) is 19.7 Å². The number of likely N-dealkylation sites (tertiary alicyclic amines) is 1. The fourth-order valence-corrected chi connectivity index (χ4v) is 2.32. The number of guanidine groups is 1. The van der Waals surface area contributed by atoms with E-state index < -0.39 is 0 Å². The van der Waals surface area contributed by atoms with Gasteiger partial charge in [-0.15, -0.1) is 0 Å². The van der Waals surface area contributed by atoms with E-state index in [1.807, 2.05) is 31.2 Å². The molecule has 4 heteroatoms. The number of nitrogens with two attached hydrogens (primary N) is 1. The van der Waals surface area contributed by atoms with Crippen LogP contribution in [0, 0.1) is 0 Å².